The van der Waals surface area contributed by atoms with Crippen molar-refractivity contribution in [2.45, 2.75) is 52.5 Å². The molecule has 0 spiro atoms. The lowest BCUT2D eigenvalue weighted by Gasteiger charge is -2.36. The summed E-state index contributed by atoms with van der Waals surface area (Å²) in [7, 11) is 0. The molecule has 1 aliphatic heterocycles. The van der Waals surface area contributed by atoms with E-state index in [1.807, 2.05) is 6.92 Å². The van der Waals surface area contributed by atoms with Crippen LogP contribution in [0.5, 0.6) is 0 Å². The second kappa shape index (κ2) is 6.89. The summed E-state index contributed by atoms with van der Waals surface area (Å²) in [5, 5.41) is 0. The molecule has 0 aliphatic carbocycles. The fraction of sp³-hybridized carbons (Fsp3) is 0.923. The van der Waals surface area contributed by atoms with E-state index in [-0.39, 0.29) is 11.9 Å². The number of carbonyl (C=O) groups is 1. The number of likely N-dealkylation sites (tertiary alicyclic amines) is 1. The summed E-state index contributed by atoms with van der Waals surface area (Å²) in [6, 6.07) is 0.636. The van der Waals surface area contributed by atoms with Crippen LogP contribution in [0.3, 0.4) is 0 Å². The van der Waals surface area contributed by atoms with Crippen molar-refractivity contribution >= 4 is 5.97 Å². The van der Waals surface area contributed by atoms with Crippen LogP contribution in [0.15, 0.2) is 0 Å². The van der Waals surface area contributed by atoms with Crippen LogP contribution in [-0.4, -0.2) is 36.6 Å². The maximum Gasteiger partial charge on any atom is 0.310 e. The summed E-state index contributed by atoms with van der Waals surface area (Å²) in [4.78, 5) is 14.2. The van der Waals surface area contributed by atoms with E-state index in [4.69, 9.17) is 4.74 Å². The molecule has 0 aromatic carbocycles. The number of hydrogen-bond donors (Lipinski definition) is 0. The molecule has 1 saturated heterocycles. The lowest BCUT2D eigenvalue weighted by Crippen LogP contribution is -2.44. The van der Waals surface area contributed by atoms with Crippen molar-refractivity contribution in [3.05, 3.63) is 0 Å². The van der Waals surface area contributed by atoms with Gasteiger partial charge in [-0.1, -0.05) is 13.8 Å². The Morgan fingerprint density at radius 3 is 2.62 bits per heavy atom. The van der Waals surface area contributed by atoms with E-state index >= 15 is 0 Å². The monoisotopic (exact) mass is 227 g/mol. The number of esters is 1. The van der Waals surface area contributed by atoms with Crippen molar-refractivity contribution in [1.82, 2.24) is 4.90 Å². The molecular formula is C13H25NO2. The van der Waals surface area contributed by atoms with Crippen LogP contribution in [0.25, 0.3) is 0 Å². The highest BCUT2D eigenvalue weighted by molar-refractivity contribution is 5.72. The van der Waals surface area contributed by atoms with Gasteiger partial charge in [-0.05, 0) is 39.2 Å². The standard InChI is InChI=1S/C13H25NO2/c1-4-12(5-2)14-9-7-8-11(10-14)13(15)16-6-3/h11-12H,4-10H2,1-3H3. The molecule has 0 amide bonds. The summed E-state index contributed by atoms with van der Waals surface area (Å²) in [6.45, 7) is 8.86. The topological polar surface area (TPSA) is 29.5 Å². The first-order chi connectivity index (χ1) is 7.72. The van der Waals surface area contributed by atoms with Crippen molar-refractivity contribution in [2.24, 2.45) is 5.92 Å². The van der Waals surface area contributed by atoms with Crippen LogP contribution in [0.4, 0.5) is 0 Å². The second-order valence-electron chi connectivity index (χ2n) is 4.56. The molecule has 94 valence electrons. The first-order valence-corrected chi connectivity index (χ1v) is 6.63. The highest BCUT2D eigenvalue weighted by Crippen LogP contribution is 2.22. The van der Waals surface area contributed by atoms with Crippen LogP contribution < -0.4 is 0 Å². The van der Waals surface area contributed by atoms with Crippen LogP contribution in [0.1, 0.15) is 46.5 Å². The van der Waals surface area contributed by atoms with Crippen molar-refractivity contribution < 1.29 is 9.53 Å². The van der Waals surface area contributed by atoms with Gasteiger partial charge in [0.1, 0.15) is 0 Å². The Kier molecular flexibility index (Phi) is 5.81. The molecule has 0 radical (unpaired) electrons. The van der Waals surface area contributed by atoms with Crippen LogP contribution in [0, 0.1) is 5.92 Å². The minimum atomic E-state index is -0.00171. The van der Waals surface area contributed by atoms with Crippen molar-refractivity contribution in [3.8, 4) is 0 Å². The van der Waals surface area contributed by atoms with Crippen molar-refractivity contribution in [1.29, 1.82) is 0 Å². The molecule has 3 nitrogen and oxygen atoms in total. The minimum absolute atomic E-state index is 0.00171. The van der Waals surface area contributed by atoms with E-state index in [0.29, 0.717) is 12.6 Å². The first kappa shape index (κ1) is 13.5. The molecular weight excluding hydrogens is 202 g/mol. The molecule has 0 saturated carbocycles. The third kappa shape index (κ3) is 3.48. The Balaban J connectivity index is 2.49. The maximum atomic E-state index is 11.7. The SMILES string of the molecule is CCOC(=O)C1CCCN(C(CC)CC)C1. The minimum Gasteiger partial charge on any atom is -0.466 e. The van der Waals surface area contributed by atoms with E-state index in [0.717, 1.165) is 25.9 Å². The molecule has 1 unspecified atom stereocenters. The van der Waals surface area contributed by atoms with Gasteiger partial charge < -0.3 is 4.74 Å². The average molecular weight is 227 g/mol. The zero-order valence-corrected chi connectivity index (χ0v) is 10.9. The van der Waals surface area contributed by atoms with E-state index in [2.05, 4.69) is 18.7 Å². The quantitative estimate of drug-likeness (QED) is 0.676. The molecule has 0 bridgehead atoms. The normalized spacial score (nSPS) is 22.4. The summed E-state index contributed by atoms with van der Waals surface area (Å²) < 4.78 is 5.11. The molecule has 16 heavy (non-hydrogen) atoms. The lowest BCUT2D eigenvalue weighted by atomic mass is 9.95. The highest BCUT2D eigenvalue weighted by Gasteiger charge is 2.29. The molecule has 1 aliphatic rings. The number of piperidine rings is 1. The maximum absolute atomic E-state index is 11.7. The summed E-state index contributed by atoms with van der Waals surface area (Å²) >= 11 is 0. The van der Waals surface area contributed by atoms with Gasteiger partial charge in [0.25, 0.3) is 0 Å². The van der Waals surface area contributed by atoms with Crippen molar-refractivity contribution in [2.75, 3.05) is 19.7 Å². The Labute approximate surface area is 99.1 Å². The zero-order valence-electron chi connectivity index (χ0n) is 10.9. The van der Waals surface area contributed by atoms with Gasteiger partial charge in [0.2, 0.25) is 0 Å². The Bertz CT molecular complexity index is 214. The number of ether oxygens (including phenoxy) is 1. The number of nitrogens with zero attached hydrogens (tertiary/aromatic N) is 1. The van der Waals surface area contributed by atoms with E-state index in [9.17, 15) is 4.79 Å². The van der Waals surface area contributed by atoms with E-state index < -0.39 is 0 Å². The number of carbonyl (C=O) groups excluding carboxylic acids is 1. The first-order valence-electron chi connectivity index (χ1n) is 6.63. The van der Waals surface area contributed by atoms with E-state index in [1.165, 1.54) is 12.8 Å². The molecule has 0 aromatic rings. The Morgan fingerprint density at radius 1 is 1.38 bits per heavy atom. The molecule has 1 heterocycles. The zero-order chi connectivity index (χ0) is 12.0. The fourth-order valence-electron chi connectivity index (χ4n) is 2.60. The van der Waals surface area contributed by atoms with E-state index in [1.54, 1.807) is 0 Å². The average Bonchev–Trinajstić information content (AvgIpc) is 2.31. The van der Waals surface area contributed by atoms with Gasteiger partial charge in [0.15, 0.2) is 0 Å². The van der Waals surface area contributed by atoms with Gasteiger partial charge in [-0.2, -0.15) is 0 Å². The van der Waals surface area contributed by atoms with Crippen LogP contribution in [0.2, 0.25) is 0 Å². The predicted octanol–water partition coefficient (Wildman–Crippen LogP) is 2.45. The summed E-state index contributed by atoms with van der Waals surface area (Å²) in [5.41, 5.74) is 0. The lowest BCUT2D eigenvalue weighted by molar-refractivity contribution is -0.150. The summed E-state index contributed by atoms with van der Waals surface area (Å²) in [6.07, 6.45) is 4.47. The number of rotatable bonds is 5. The molecule has 1 fully saturated rings. The molecule has 1 atom stereocenters. The van der Waals surface area contributed by atoms with Gasteiger partial charge in [0.05, 0.1) is 12.5 Å². The number of hydrogen-bond acceptors (Lipinski definition) is 3. The molecule has 0 N–H and O–H groups in total. The smallest absolute Gasteiger partial charge is 0.310 e. The Morgan fingerprint density at radius 2 is 2.06 bits per heavy atom. The third-order valence-corrected chi connectivity index (χ3v) is 3.53. The fourth-order valence-corrected chi connectivity index (χ4v) is 2.60. The van der Waals surface area contributed by atoms with Crippen LogP contribution in [-0.2, 0) is 9.53 Å². The third-order valence-electron chi connectivity index (χ3n) is 3.53. The second-order valence-corrected chi connectivity index (χ2v) is 4.56. The predicted molar refractivity (Wildman–Crippen MR) is 65.3 cm³/mol. The van der Waals surface area contributed by atoms with Gasteiger partial charge in [0, 0.05) is 12.6 Å². The Hall–Kier alpha value is -0.570. The van der Waals surface area contributed by atoms with Gasteiger partial charge in [-0.25, -0.2) is 0 Å². The summed E-state index contributed by atoms with van der Waals surface area (Å²) in [5.74, 6) is 0.104. The molecule has 0 aromatic heterocycles. The molecule has 1 rings (SSSR count). The van der Waals surface area contributed by atoms with Crippen LogP contribution >= 0.6 is 0 Å². The molecule has 3 heteroatoms. The van der Waals surface area contributed by atoms with Gasteiger partial charge >= 0.3 is 5.97 Å². The van der Waals surface area contributed by atoms with Gasteiger partial charge in [-0.3, -0.25) is 9.69 Å². The largest absolute Gasteiger partial charge is 0.466 e. The van der Waals surface area contributed by atoms with Gasteiger partial charge in [-0.15, -0.1) is 0 Å². The van der Waals surface area contributed by atoms with Crippen molar-refractivity contribution in [3.63, 3.8) is 0 Å². The highest BCUT2D eigenvalue weighted by atomic mass is 16.5.